The Bertz CT molecular complexity index is 681. The Morgan fingerprint density at radius 3 is 2.75 bits per heavy atom. The van der Waals surface area contributed by atoms with E-state index in [1.165, 1.54) is 4.52 Å². The maximum absolute atomic E-state index is 11.8. The predicted molar refractivity (Wildman–Crippen MR) is 66.2 cm³/mol. The molecule has 1 atom stereocenters. The van der Waals surface area contributed by atoms with Crippen molar-refractivity contribution in [2.24, 2.45) is 0 Å². The van der Waals surface area contributed by atoms with E-state index in [4.69, 9.17) is 10.2 Å². The number of aromatic nitrogens is 4. The molecule has 9 heteroatoms. The quantitative estimate of drug-likeness (QED) is 0.648. The summed E-state index contributed by atoms with van der Waals surface area (Å²) in [6, 6.07) is 1.79. The van der Waals surface area contributed by atoms with E-state index in [2.05, 4.69) is 20.4 Å². The topological polar surface area (TPSA) is 130 Å². The SMILES string of the molecule is Cc1cc(C)n2nc(C(=O)NC[C@H](O)C(=O)O)nc2n1. The van der Waals surface area contributed by atoms with Gasteiger partial charge in [0.05, 0.1) is 6.54 Å². The smallest absolute Gasteiger partial charge is 0.334 e. The lowest BCUT2D eigenvalue weighted by molar-refractivity contribution is -0.146. The number of nitrogens with one attached hydrogen (secondary N) is 1. The van der Waals surface area contributed by atoms with Gasteiger partial charge in [-0.2, -0.15) is 4.98 Å². The highest BCUT2D eigenvalue weighted by Crippen LogP contribution is 2.05. The summed E-state index contributed by atoms with van der Waals surface area (Å²) in [6.45, 7) is 3.17. The third-order valence-electron chi connectivity index (χ3n) is 2.56. The van der Waals surface area contributed by atoms with Gasteiger partial charge in [-0.1, -0.05) is 0 Å². The minimum atomic E-state index is -1.67. The lowest BCUT2D eigenvalue weighted by Gasteiger charge is -2.05. The maximum Gasteiger partial charge on any atom is 0.334 e. The van der Waals surface area contributed by atoms with Gasteiger partial charge in [-0.3, -0.25) is 4.79 Å². The van der Waals surface area contributed by atoms with Crippen LogP contribution in [-0.2, 0) is 4.79 Å². The summed E-state index contributed by atoms with van der Waals surface area (Å²) < 4.78 is 1.41. The third kappa shape index (κ3) is 2.72. The van der Waals surface area contributed by atoms with E-state index in [9.17, 15) is 9.59 Å². The Hall–Kier alpha value is -2.55. The summed E-state index contributed by atoms with van der Waals surface area (Å²) in [5, 5.41) is 23.8. The van der Waals surface area contributed by atoms with Crippen molar-refractivity contribution in [3.8, 4) is 0 Å². The van der Waals surface area contributed by atoms with Crippen LogP contribution in [0.1, 0.15) is 22.0 Å². The van der Waals surface area contributed by atoms with Crippen LogP contribution in [0.5, 0.6) is 0 Å². The highest BCUT2D eigenvalue weighted by molar-refractivity contribution is 5.91. The molecule has 106 valence electrons. The lowest BCUT2D eigenvalue weighted by atomic mass is 10.3. The molecule has 0 aromatic carbocycles. The molecule has 20 heavy (non-hydrogen) atoms. The van der Waals surface area contributed by atoms with Gasteiger partial charge in [-0.05, 0) is 19.9 Å². The van der Waals surface area contributed by atoms with Gasteiger partial charge < -0.3 is 15.5 Å². The van der Waals surface area contributed by atoms with Crippen LogP contribution in [0.25, 0.3) is 5.78 Å². The van der Waals surface area contributed by atoms with Crippen LogP contribution in [0.3, 0.4) is 0 Å². The van der Waals surface area contributed by atoms with Crippen LogP contribution in [-0.4, -0.2) is 54.3 Å². The Balaban J connectivity index is 2.19. The molecule has 0 saturated heterocycles. The van der Waals surface area contributed by atoms with Gasteiger partial charge in [0.25, 0.3) is 11.7 Å². The average Bonchev–Trinajstić information content (AvgIpc) is 2.79. The van der Waals surface area contributed by atoms with Crippen molar-refractivity contribution in [3.05, 3.63) is 23.3 Å². The van der Waals surface area contributed by atoms with Crippen molar-refractivity contribution < 1.29 is 19.8 Å². The number of aliphatic hydroxyl groups is 1. The van der Waals surface area contributed by atoms with Gasteiger partial charge >= 0.3 is 5.97 Å². The zero-order chi connectivity index (χ0) is 14.9. The monoisotopic (exact) mass is 279 g/mol. The first-order valence-electron chi connectivity index (χ1n) is 5.78. The molecule has 0 radical (unpaired) electrons. The Labute approximate surface area is 113 Å². The summed E-state index contributed by atoms with van der Waals surface area (Å²) >= 11 is 0. The van der Waals surface area contributed by atoms with Gasteiger partial charge in [0, 0.05) is 11.4 Å². The first kappa shape index (κ1) is 13.9. The molecular weight excluding hydrogens is 266 g/mol. The Morgan fingerprint density at radius 2 is 2.10 bits per heavy atom. The Kier molecular flexibility index (Phi) is 3.61. The molecule has 0 unspecified atom stereocenters. The predicted octanol–water partition coefficient (Wildman–Crippen LogP) is -1.08. The van der Waals surface area contributed by atoms with Crippen LogP contribution in [0.15, 0.2) is 6.07 Å². The number of hydrogen-bond donors (Lipinski definition) is 3. The maximum atomic E-state index is 11.8. The van der Waals surface area contributed by atoms with E-state index < -0.39 is 24.5 Å². The molecule has 2 aromatic heterocycles. The van der Waals surface area contributed by atoms with E-state index in [0.29, 0.717) is 0 Å². The first-order valence-corrected chi connectivity index (χ1v) is 5.78. The zero-order valence-electron chi connectivity index (χ0n) is 10.9. The van der Waals surface area contributed by atoms with Gasteiger partial charge in [0.15, 0.2) is 6.10 Å². The van der Waals surface area contributed by atoms with Crippen molar-refractivity contribution in [2.75, 3.05) is 6.54 Å². The molecule has 0 aliphatic carbocycles. The molecule has 0 spiro atoms. The molecule has 0 saturated carbocycles. The van der Waals surface area contributed by atoms with Crippen LogP contribution >= 0.6 is 0 Å². The van der Waals surface area contributed by atoms with Gasteiger partial charge in [-0.25, -0.2) is 14.3 Å². The molecule has 1 amide bonds. The number of rotatable bonds is 4. The van der Waals surface area contributed by atoms with E-state index in [-0.39, 0.29) is 11.6 Å². The number of carboxylic acid groups (broad SMARTS) is 1. The molecule has 0 fully saturated rings. The van der Waals surface area contributed by atoms with E-state index in [1.54, 1.807) is 19.9 Å². The highest BCUT2D eigenvalue weighted by atomic mass is 16.4. The standard InChI is InChI=1S/C11H13N5O4/c1-5-3-6(2)16-11(13-5)14-8(15-16)9(18)12-4-7(17)10(19)20/h3,7,17H,4H2,1-2H3,(H,12,18)(H,19,20)/t7-/m0/s1. The van der Waals surface area contributed by atoms with E-state index in [0.717, 1.165) is 11.4 Å². The number of aryl methyl sites for hydroxylation is 2. The molecule has 0 aliphatic rings. The fourth-order valence-electron chi connectivity index (χ4n) is 1.62. The summed E-state index contributed by atoms with van der Waals surface area (Å²) in [4.78, 5) is 30.3. The summed E-state index contributed by atoms with van der Waals surface area (Å²) in [6.07, 6.45) is -1.67. The zero-order valence-corrected chi connectivity index (χ0v) is 10.9. The van der Waals surface area contributed by atoms with Crippen molar-refractivity contribution in [1.29, 1.82) is 0 Å². The van der Waals surface area contributed by atoms with Crippen LogP contribution in [0.2, 0.25) is 0 Å². The number of carbonyl (C=O) groups excluding carboxylic acids is 1. The molecule has 2 rings (SSSR count). The van der Waals surface area contributed by atoms with Gasteiger partial charge in [-0.15, -0.1) is 5.10 Å². The van der Waals surface area contributed by atoms with Crippen LogP contribution < -0.4 is 5.32 Å². The Morgan fingerprint density at radius 1 is 1.40 bits per heavy atom. The number of carbonyl (C=O) groups is 2. The summed E-state index contributed by atoms with van der Waals surface area (Å²) in [5.41, 5.74) is 1.51. The van der Waals surface area contributed by atoms with Gasteiger partial charge in [0.2, 0.25) is 5.82 Å². The second kappa shape index (κ2) is 5.21. The number of carboxylic acids is 1. The van der Waals surface area contributed by atoms with Crippen molar-refractivity contribution in [3.63, 3.8) is 0 Å². The third-order valence-corrected chi connectivity index (χ3v) is 2.56. The largest absolute Gasteiger partial charge is 0.479 e. The fraction of sp³-hybridized carbons (Fsp3) is 0.364. The number of hydrogen-bond acceptors (Lipinski definition) is 6. The second-order valence-electron chi connectivity index (χ2n) is 4.25. The normalized spacial score (nSPS) is 12.3. The number of aliphatic carboxylic acids is 1. The molecule has 0 aliphatic heterocycles. The average molecular weight is 279 g/mol. The van der Waals surface area contributed by atoms with E-state index in [1.807, 2.05) is 0 Å². The summed E-state index contributed by atoms with van der Waals surface area (Å²) in [5.74, 6) is -1.94. The van der Waals surface area contributed by atoms with Gasteiger partial charge in [0.1, 0.15) is 0 Å². The second-order valence-corrected chi connectivity index (χ2v) is 4.25. The fourth-order valence-corrected chi connectivity index (χ4v) is 1.62. The van der Waals surface area contributed by atoms with Crippen molar-refractivity contribution in [2.45, 2.75) is 20.0 Å². The molecule has 3 N–H and O–H groups in total. The van der Waals surface area contributed by atoms with Crippen molar-refractivity contribution in [1.82, 2.24) is 24.9 Å². The first-order chi connectivity index (χ1) is 9.38. The lowest BCUT2D eigenvalue weighted by Crippen LogP contribution is -2.36. The van der Waals surface area contributed by atoms with Crippen LogP contribution in [0.4, 0.5) is 0 Å². The van der Waals surface area contributed by atoms with E-state index >= 15 is 0 Å². The minimum Gasteiger partial charge on any atom is -0.479 e. The molecular formula is C11H13N5O4. The number of aliphatic hydroxyl groups excluding tert-OH is 1. The number of nitrogens with zero attached hydrogens (tertiary/aromatic N) is 4. The number of fused-ring (bicyclic) bond motifs is 1. The minimum absolute atomic E-state index is 0.135. The molecule has 2 heterocycles. The molecule has 0 bridgehead atoms. The molecule has 9 nitrogen and oxygen atoms in total. The van der Waals surface area contributed by atoms with Crippen LogP contribution in [0, 0.1) is 13.8 Å². The highest BCUT2D eigenvalue weighted by Gasteiger charge is 2.18. The molecule has 2 aromatic rings. The number of amides is 1. The van der Waals surface area contributed by atoms with Crippen molar-refractivity contribution >= 4 is 17.7 Å². The summed E-state index contributed by atoms with van der Waals surface area (Å²) in [7, 11) is 0.